The van der Waals surface area contributed by atoms with Crippen LogP contribution in [-0.2, 0) is 6.54 Å². The van der Waals surface area contributed by atoms with Gasteiger partial charge < -0.3 is 15.4 Å². The van der Waals surface area contributed by atoms with Crippen LogP contribution in [0.2, 0.25) is 0 Å². The summed E-state index contributed by atoms with van der Waals surface area (Å²) in [6, 6.07) is 14.1. The van der Waals surface area contributed by atoms with Crippen LogP contribution >= 0.6 is 0 Å². The summed E-state index contributed by atoms with van der Waals surface area (Å²) in [5.74, 6) is 0.866. The molecule has 2 aromatic rings. The summed E-state index contributed by atoms with van der Waals surface area (Å²) in [5, 5.41) is 0. The van der Waals surface area contributed by atoms with Crippen molar-refractivity contribution in [3.05, 3.63) is 54.4 Å². The van der Waals surface area contributed by atoms with Gasteiger partial charge in [-0.1, -0.05) is 6.07 Å². The van der Waals surface area contributed by atoms with E-state index in [0.29, 0.717) is 6.54 Å². The molecule has 4 heteroatoms. The molecule has 1 heterocycles. The lowest BCUT2D eigenvalue weighted by Gasteiger charge is -2.24. The highest BCUT2D eigenvalue weighted by atomic mass is 16.5. The van der Waals surface area contributed by atoms with Crippen molar-refractivity contribution in [1.29, 1.82) is 0 Å². The van der Waals surface area contributed by atoms with Gasteiger partial charge in [-0.25, -0.2) is 0 Å². The molecular weight excluding hydrogens is 250 g/mol. The highest BCUT2D eigenvalue weighted by molar-refractivity contribution is 5.49. The Morgan fingerprint density at radius 2 is 1.95 bits per heavy atom. The minimum Gasteiger partial charge on any atom is -0.497 e. The summed E-state index contributed by atoms with van der Waals surface area (Å²) >= 11 is 0. The Morgan fingerprint density at radius 1 is 1.15 bits per heavy atom. The van der Waals surface area contributed by atoms with E-state index in [0.717, 1.165) is 36.6 Å². The molecule has 0 unspecified atom stereocenters. The molecule has 0 saturated carbocycles. The first kappa shape index (κ1) is 14.3. The molecule has 106 valence electrons. The van der Waals surface area contributed by atoms with Gasteiger partial charge in [-0.3, -0.25) is 4.98 Å². The minimum atomic E-state index is 0.689. The SMILES string of the molecule is COc1ccc(N(CCCN)Cc2ccccn2)cc1. The van der Waals surface area contributed by atoms with E-state index in [1.165, 1.54) is 0 Å². The molecule has 0 saturated heterocycles. The standard InChI is InChI=1S/C16H21N3O/c1-20-16-8-6-15(7-9-16)19(12-4-10-17)13-14-5-2-3-11-18-14/h2-3,5-9,11H,4,10,12-13,17H2,1H3. The van der Waals surface area contributed by atoms with Crippen molar-refractivity contribution in [3.8, 4) is 5.75 Å². The Balaban J connectivity index is 2.13. The van der Waals surface area contributed by atoms with E-state index in [9.17, 15) is 0 Å². The molecule has 0 aliphatic heterocycles. The van der Waals surface area contributed by atoms with Gasteiger partial charge in [-0.2, -0.15) is 0 Å². The van der Waals surface area contributed by atoms with Crippen molar-refractivity contribution >= 4 is 5.69 Å². The maximum atomic E-state index is 5.63. The second-order valence-electron chi connectivity index (χ2n) is 4.58. The summed E-state index contributed by atoms with van der Waals surface area (Å²) in [4.78, 5) is 6.67. The molecule has 0 aliphatic carbocycles. The molecule has 0 spiro atoms. The highest BCUT2D eigenvalue weighted by Gasteiger charge is 2.08. The van der Waals surface area contributed by atoms with Crippen LogP contribution in [0.3, 0.4) is 0 Å². The fraction of sp³-hybridized carbons (Fsp3) is 0.312. The lowest BCUT2D eigenvalue weighted by atomic mass is 10.2. The first-order valence-corrected chi connectivity index (χ1v) is 6.82. The molecule has 0 aliphatic rings. The van der Waals surface area contributed by atoms with Crippen molar-refractivity contribution < 1.29 is 4.74 Å². The number of methoxy groups -OCH3 is 1. The first-order valence-electron chi connectivity index (χ1n) is 6.82. The molecule has 1 aromatic heterocycles. The first-order chi connectivity index (χ1) is 9.83. The second kappa shape index (κ2) is 7.50. The number of aromatic nitrogens is 1. The van der Waals surface area contributed by atoms with Crippen LogP contribution in [0.4, 0.5) is 5.69 Å². The third-order valence-corrected chi connectivity index (χ3v) is 3.15. The van der Waals surface area contributed by atoms with E-state index in [-0.39, 0.29) is 0 Å². The zero-order valence-corrected chi connectivity index (χ0v) is 11.8. The zero-order chi connectivity index (χ0) is 14.2. The lowest BCUT2D eigenvalue weighted by Crippen LogP contribution is -2.26. The Bertz CT molecular complexity index is 499. The van der Waals surface area contributed by atoms with Crippen LogP contribution in [0.1, 0.15) is 12.1 Å². The average Bonchev–Trinajstić information content (AvgIpc) is 2.52. The molecule has 4 nitrogen and oxygen atoms in total. The summed E-state index contributed by atoms with van der Waals surface area (Å²) < 4.78 is 5.20. The van der Waals surface area contributed by atoms with Gasteiger partial charge in [0, 0.05) is 18.4 Å². The van der Waals surface area contributed by atoms with Crippen LogP contribution in [-0.4, -0.2) is 25.2 Å². The highest BCUT2D eigenvalue weighted by Crippen LogP contribution is 2.20. The van der Waals surface area contributed by atoms with Crippen LogP contribution in [0.25, 0.3) is 0 Å². The summed E-state index contributed by atoms with van der Waals surface area (Å²) in [5.41, 5.74) is 7.84. The van der Waals surface area contributed by atoms with Crippen molar-refractivity contribution in [1.82, 2.24) is 4.98 Å². The van der Waals surface area contributed by atoms with Gasteiger partial charge in [0.1, 0.15) is 5.75 Å². The van der Waals surface area contributed by atoms with Crippen molar-refractivity contribution in [2.24, 2.45) is 5.73 Å². The van der Waals surface area contributed by atoms with Crippen LogP contribution in [0, 0.1) is 0 Å². The number of hydrogen-bond acceptors (Lipinski definition) is 4. The molecule has 0 radical (unpaired) electrons. The van der Waals surface area contributed by atoms with Gasteiger partial charge in [0.2, 0.25) is 0 Å². The van der Waals surface area contributed by atoms with Crippen molar-refractivity contribution in [2.75, 3.05) is 25.1 Å². The monoisotopic (exact) mass is 271 g/mol. The lowest BCUT2D eigenvalue weighted by molar-refractivity contribution is 0.415. The van der Waals surface area contributed by atoms with E-state index in [1.807, 2.05) is 36.5 Å². The Hall–Kier alpha value is -2.07. The number of anilines is 1. The predicted molar refractivity (Wildman–Crippen MR) is 82.0 cm³/mol. The van der Waals surface area contributed by atoms with E-state index in [4.69, 9.17) is 10.5 Å². The summed E-state index contributed by atoms with van der Waals surface area (Å²) in [6.45, 7) is 2.39. The number of hydrogen-bond donors (Lipinski definition) is 1. The Morgan fingerprint density at radius 3 is 2.55 bits per heavy atom. The Labute approximate surface area is 120 Å². The molecule has 0 fully saturated rings. The van der Waals surface area contributed by atoms with Gasteiger partial charge >= 0.3 is 0 Å². The van der Waals surface area contributed by atoms with Crippen LogP contribution in [0.5, 0.6) is 5.75 Å². The average molecular weight is 271 g/mol. The van der Waals surface area contributed by atoms with Crippen LogP contribution in [0.15, 0.2) is 48.7 Å². The van der Waals surface area contributed by atoms with E-state index in [1.54, 1.807) is 7.11 Å². The van der Waals surface area contributed by atoms with Gasteiger partial charge in [-0.15, -0.1) is 0 Å². The van der Waals surface area contributed by atoms with Gasteiger partial charge in [0.25, 0.3) is 0 Å². The second-order valence-corrected chi connectivity index (χ2v) is 4.58. The molecule has 0 atom stereocenters. The van der Waals surface area contributed by atoms with Crippen LogP contribution < -0.4 is 15.4 Å². The van der Waals surface area contributed by atoms with E-state index in [2.05, 4.69) is 22.0 Å². The molecule has 0 amide bonds. The normalized spacial score (nSPS) is 10.3. The predicted octanol–water partition coefficient (Wildman–Crippen LogP) is 2.45. The van der Waals surface area contributed by atoms with Gasteiger partial charge in [0.15, 0.2) is 0 Å². The molecule has 20 heavy (non-hydrogen) atoms. The van der Waals surface area contributed by atoms with E-state index >= 15 is 0 Å². The number of ether oxygens (including phenoxy) is 1. The number of pyridine rings is 1. The molecule has 0 bridgehead atoms. The summed E-state index contributed by atoms with van der Waals surface area (Å²) in [6.07, 6.45) is 2.78. The van der Waals surface area contributed by atoms with E-state index < -0.39 is 0 Å². The number of nitrogens with two attached hydrogens (primary N) is 1. The van der Waals surface area contributed by atoms with Crippen molar-refractivity contribution in [2.45, 2.75) is 13.0 Å². The van der Waals surface area contributed by atoms with Crippen molar-refractivity contribution in [3.63, 3.8) is 0 Å². The smallest absolute Gasteiger partial charge is 0.119 e. The quantitative estimate of drug-likeness (QED) is 0.840. The third kappa shape index (κ3) is 3.96. The maximum absolute atomic E-state index is 5.63. The number of rotatable bonds is 7. The molecule has 1 aromatic carbocycles. The zero-order valence-electron chi connectivity index (χ0n) is 11.8. The fourth-order valence-electron chi connectivity index (χ4n) is 2.06. The minimum absolute atomic E-state index is 0.689. The fourth-order valence-corrected chi connectivity index (χ4v) is 2.06. The number of nitrogens with zero attached hydrogens (tertiary/aromatic N) is 2. The van der Waals surface area contributed by atoms with Gasteiger partial charge in [0.05, 0.1) is 19.3 Å². The largest absolute Gasteiger partial charge is 0.497 e. The third-order valence-electron chi connectivity index (χ3n) is 3.15. The number of benzene rings is 1. The summed E-state index contributed by atoms with van der Waals surface area (Å²) in [7, 11) is 1.68. The molecule has 2 N–H and O–H groups in total. The molecular formula is C16H21N3O. The maximum Gasteiger partial charge on any atom is 0.119 e. The Kier molecular flexibility index (Phi) is 5.38. The molecule has 2 rings (SSSR count). The topological polar surface area (TPSA) is 51.4 Å². The van der Waals surface area contributed by atoms with Gasteiger partial charge in [-0.05, 0) is 49.4 Å².